The topological polar surface area (TPSA) is 85.4 Å². The van der Waals surface area contributed by atoms with Crippen molar-refractivity contribution < 1.29 is 17.9 Å². The molecule has 1 aromatic carbocycles. The van der Waals surface area contributed by atoms with Crippen LogP contribution in [-0.4, -0.2) is 31.7 Å². The fourth-order valence-electron chi connectivity index (χ4n) is 2.07. The number of thiazole rings is 1. The molecule has 1 N–H and O–H groups in total. The molecule has 0 aliphatic carbocycles. The van der Waals surface area contributed by atoms with E-state index in [1.807, 2.05) is 0 Å². The Balaban J connectivity index is 2.07. The van der Waals surface area contributed by atoms with E-state index >= 15 is 0 Å². The zero-order valence-electron chi connectivity index (χ0n) is 11.4. The monoisotopic (exact) mass is 336 g/mol. The van der Waals surface area contributed by atoms with Gasteiger partial charge in [-0.1, -0.05) is 30.3 Å². The Morgan fingerprint density at radius 3 is 2.73 bits per heavy atom. The number of carbonyl (C=O) groups is 1. The first-order chi connectivity index (χ1) is 10.6. The lowest BCUT2D eigenvalue weighted by atomic mass is 10.2. The maximum Gasteiger partial charge on any atom is 0.293 e. The normalized spacial score (nSPS) is 16.9. The van der Waals surface area contributed by atoms with Crippen LogP contribution in [0.25, 0.3) is 4.91 Å². The van der Waals surface area contributed by atoms with E-state index in [1.165, 1.54) is 11.3 Å². The highest BCUT2D eigenvalue weighted by molar-refractivity contribution is 8.00. The Morgan fingerprint density at radius 2 is 2.05 bits per heavy atom. The molecule has 6 nitrogen and oxygen atoms in total. The zero-order chi connectivity index (χ0) is 15.6. The largest absolute Gasteiger partial charge is 0.486 e. The standard InChI is InChI=1S/C14H12N2O4S2/c17-13(16-14-15-6-8-21-14)11-12(10-4-2-1-3-5-10)22(18,19)9-7-20-11/h1-6,8H,7,9H2,(H,15,16,17). The molecular weight excluding hydrogens is 324 g/mol. The number of rotatable bonds is 3. The van der Waals surface area contributed by atoms with Crippen molar-refractivity contribution in [3.8, 4) is 0 Å². The molecule has 114 valence electrons. The van der Waals surface area contributed by atoms with Crippen LogP contribution >= 0.6 is 11.3 Å². The van der Waals surface area contributed by atoms with Gasteiger partial charge in [-0.05, 0) is 5.56 Å². The third-order valence-corrected chi connectivity index (χ3v) is 5.45. The predicted molar refractivity (Wildman–Crippen MR) is 83.8 cm³/mol. The molecule has 1 aromatic heterocycles. The third-order valence-electron chi connectivity index (χ3n) is 3.01. The van der Waals surface area contributed by atoms with Gasteiger partial charge in [0.25, 0.3) is 5.91 Å². The van der Waals surface area contributed by atoms with Crippen molar-refractivity contribution in [1.29, 1.82) is 0 Å². The molecule has 2 aromatic rings. The Morgan fingerprint density at radius 1 is 1.27 bits per heavy atom. The van der Waals surface area contributed by atoms with Gasteiger partial charge in [-0.3, -0.25) is 10.1 Å². The van der Waals surface area contributed by atoms with Crippen molar-refractivity contribution >= 4 is 37.1 Å². The molecule has 0 atom stereocenters. The first-order valence-electron chi connectivity index (χ1n) is 6.44. The summed E-state index contributed by atoms with van der Waals surface area (Å²) < 4.78 is 30.1. The van der Waals surface area contributed by atoms with Crippen molar-refractivity contribution in [1.82, 2.24) is 4.98 Å². The van der Waals surface area contributed by atoms with Crippen LogP contribution < -0.4 is 5.32 Å². The molecule has 3 rings (SSSR count). The van der Waals surface area contributed by atoms with Gasteiger partial charge in [-0.15, -0.1) is 11.3 Å². The summed E-state index contributed by atoms with van der Waals surface area (Å²) in [6.07, 6.45) is 1.55. The molecule has 0 spiro atoms. The zero-order valence-corrected chi connectivity index (χ0v) is 13.0. The number of carbonyl (C=O) groups excluding carboxylic acids is 1. The molecular formula is C14H12N2O4S2. The third kappa shape index (κ3) is 2.88. The number of nitrogens with zero attached hydrogens (tertiary/aromatic N) is 1. The van der Waals surface area contributed by atoms with Crippen LogP contribution in [0.2, 0.25) is 0 Å². The quantitative estimate of drug-likeness (QED) is 0.925. The van der Waals surface area contributed by atoms with Gasteiger partial charge in [0, 0.05) is 11.6 Å². The number of ether oxygens (including phenoxy) is 1. The lowest BCUT2D eigenvalue weighted by molar-refractivity contribution is -0.115. The van der Waals surface area contributed by atoms with Gasteiger partial charge in [0.05, 0.1) is 5.75 Å². The highest BCUT2D eigenvalue weighted by Crippen LogP contribution is 2.30. The van der Waals surface area contributed by atoms with E-state index < -0.39 is 15.7 Å². The van der Waals surface area contributed by atoms with Gasteiger partial charge in [-0.25, -0.2) is 13.4 Å². The molecule has 2 heterocycles. The number of anilines is 1. The van der Waals surface area contributed by atoms with Gasteiger partial charge in [0.1, 0.15) is 11.5 Å². The Labute approximate surface area is 131 Å². The van der Waals surface area contributed by atoms with Crippen LogP contribution in [0, 0.1) is 0 Å². The summed E-state index contributed by atoms with van der Waals surface area (Å²) >= 11 is 1.24. The molecule has 0 fully saturated rings. The van der Waals surface area contributed by atoms with Crippen LogP contribution in [0.15, 0.2) is 47.7 Å². The van der Waals surface area contributed by atoms with Crippen LogP contribution in [0.1, 0.15) is 5.56 Å². The van der Waals surface area contributed by atoms with Crippen LogP contribution in [0.4, 0.5) is 5.13 Å². The van der Waals surface area contributed by atoms with Crippen molar-refractivity contribution in [2.75, 3.05) is 17.7 Å². The summed E-state index contributed by atoms with van der Waals surface area (Å²) in [7, 11) is -3.57. The molecule has 1 aliphatic rings. The average Bonchev–Trinajstić information content (AvgIpc) is 2.99. The van der Waals surface area contributed by atoms with Gasteiger partial charge in [0.15, 0.2) is 15.0 Å². The molecule has 0 saturated heterocycles. The summed E-state index contributed by atoms with van der Waals surface area (Å²) in [5.74, 6) is -0.949. The van der Waals surface area contributed by atoms with Crippen molar-refractivity contribution in [2.24, 2.45) is 0 Å². The van der Waals surface area contributed by atoms with E-state index in [1.54, 1.807) is 41.9 Å². The van der Waals surface area contributed by atoms with Crippen LogP contribution in [-0.2, 0) is 19.4 Å². The summed E-state index contributed by atoms with van der Waals surface area (Å²) in [6.45, 7) is -0.0424. The number of amides is 1. The number of nitrogens with one attached hydrogen (secondary N) is 1. The van der Waals surface area contributed by atoms with E-state index in [0.29, 0.717) is 10.7 Å². The molecule has 1 aliphatic heterocycles. The predicted octanol–water partition coefficient (Wildman–Crippen LogP) is 1.90. The van der Waals surface area contributed by atoms with Gasteiger partial charge < -0.3 is 4.74 Å². The molecule has 0 bridgehead atoms. The summed E-state index contributed by atoms with van der Waals surface area (Å²) in [5, 5.41) is 4.64. The number of benzene rings is 1. The number of sulfone groups is 1. The van der Waals surface area contributed by atoms with Gasteiger partial charge >= 0.3 is 0 Å². The highest BCUT2D eigenvalue weighted by atomic mass is 32.2. The first-order valence-corrected chi connectivity index (χ1v) is 8.97. The van der Waals surface area contributed by atoms with Crippen molar-refractivity contribution in [2.45, 2.75) is 0 Å². The maximum atomic E-state index is 12.4. The van der Waals surface area contributed by atoms with E-state index in [9.17, 15) is 13.2 Å². The fraction of sp³-hybridized carbons (Fsp3) is 0.143. The second-order valence-corrected chi connectivity index (χ2v) is 7.42. The lowest BCUT2D eigenvalue weighted by Crippen LogP contribution is -2.28. The Hall–Kier alpha value is -2.19. The first kappa shape index (κ1) is 14.7. The number of aromatic nitrogens is 1. The van der Waals surface area contributed by atoms with Gasteiger partial charge in [-0.2, -0.15) is 0 Å². The Bertz CT molecular complexity index is 812. The average molecular weight is 336 g/mol. The second-order valence-electron chi connectivity index (χ2n) is 4.48. The minimum atomic E-state index is -3.57. The Kier molecular flexibility index (Phi) is 3.95. The smallest absolute Gasteiger partial charge is 0.293 e. The molecule has 8 heteroatoms. The van der Waals surface area contributed by atoms with Crippen molar-refractivity contribution in [3.63, 3.8) is 0 Å². The SMILES string of the molecule is O=C(Nc1nccs1)C1=C(c2ccccc2)S(=O)(=O)CCO1. The molecule has 0 saturated carbocycles. The van der Waals surface area contributed by atoms with E-state index in [2.05, 4.69) is 10.3 Å². The molecule has 0 radical (unpaired) electrons. The van der Waals surface area contributed by atoms with Crippen LogP contribution in [0.5, 0.6) is 0 Å². The van der Waals surface area contributed by atoms with E-state index in [-0.39, 0.29) is 23.0 Å². The number of hydrogen-bond donors (Lipinski definition) is 1. The second kappa shape index (κ2) is 5.90. The van der Waals surface area contributed by atoms with E-state index in [0.717, 1.165) is 0 Å². The summed E-state index contributed by atoms with van der Waals surface area (Å²) in [4.78, 5) is 16.2. The maximum absolute atomic E-state index is 12.4. The van der Waals surface area contributed by atoms with Gasteiger partial charge in [0.2, 0.25) is 5.76 Å². The van der Waals surface area contributed by atoms with Crippen LogP contribution in [0.3, 0.4) is 0 Å². The summed E-state index contributed by atoms with van der Waals surface area (Å²) in [6, 6.07) is 8.47. The molecule has 22 heavy (non-hydrogen) atoms. The fourth-order valence-corrected chi connectivity index (χ4v) is 4.03. The molecule has 0 unspecified atom stereocenters. The minimum Gasteiger partial charge on any atom is -0.486 e. The molecule has 1 amide bonds. The van der Waals surface area contributed by atoms with E-state index in [4.69, 9.17) is 4.74 Å². The minimum absolute atomic E-state index is 0.0424. The highest BCUT2D eigenvalue weighted by Gasteiger charge is 2.33. The number of hydrogen-bond acceptors (Lipinski definition) is 6. The summed E-state index contributed by atoms with van der Waals surface area (Å²) in [5.41, 5.74) is 0.437. The van der Waals surface area contributed by atoms with Crippen molar-refractivity contribution in [3.05, 3.63) is 53.2 Å². The lowest BCUT2D eigenvalue weighted by Gasteiger charge is -2.20.